The summed E-state index contributed by atoms with van der Waals surface area (Å²) in [6.45, 7) is 0. The summed E-state index contributed by atoms with van der Waals surface area (Å²) >= 11 is 0. The number of nitrogens with zero attached hydrogens (tertiary/aromatic N) is 3. The molecule has 1 aliphatic rings. The molecule has 6 heteroatoms. The van der Waals surface area contributed by atoms with Crippen molar-refractivity contribution in [1.82, 2.24) is 4.98 Å². The predicted octanol–water partition coefficient (Wildman–Crippen LogP) is 1.74. The molecule has 1 aliphatic carbocycles. The van der Waals surface area contributed by atoms with Crippen molar-refractivity contribution in [3.63, 3.8) is 0 Å². The van der Waals surface area contributed by atoms with E-state index in [4.69, 9.17) is 5.26 Å². The Kier molecular flexibility index (Phi) is 3.76. The number of aromatic nitrogens is 1. The van der Waals surface area contributed by atoms with Crippen molar-refractivity contribution in [2.75, 3.05) is 19.0 Å². The van der Waals surface area contributed by atoms with E-state index in [0.717, 1.165) is 12.8 Å². The minimum Gasteiger partial charge on any atom is -0.376 e. The molecule has 0 N–H and O–H groups in total. The lowest BCUT2D eigenvalue weighted by atomic mass is 10.3. The van der Waals surface area contributed by atoms with Crippen molar-refractivity contribution in [3.05, 3.63) is 18.0 Å². The Labute approximate surface area is 113 Å². The zero-order valence-electron chi connectivity index (χ0n) is 11.1. The first-order valence-corrected chi connectivity index (χ1v) is 7.83. The molecule has 0 spiro atoms. The third-order valence-electron chi connectivity index (χ3n) is 3.50. The molecule has 1 fully saturated rings. The molecule has 1 heterocycles. The first-order valence-electron chi connectivity index (χ1n) is 6.29. The fourth-order valence-corrected chi connectivity index (χ4v) is 4.71. The van der Waals surface area contributed by atoms with Gasteiger partial charge in [-0.15, -0.1) is 0 Å². The van der Waals surface area contributed by atoms with E-state index in [9.17, 15) is 8.42 Å². The maximum atomic E-state index is 12.7. The van der Waals surface area contributed by atoms with Crippen LogP contribution < -0.4 is 4.90 Å². The summed E-state index contributed by atoms with van der Waals surface area (Å²) in [5.41, 5.74) is 0.538. The summed E-state index contributed by atoms with van der Waals surface area (Å²) in [7, 11) is 0.0522. The highest BCUT2D eigenvalue weighted by molar-refractivity contribution is 7.92. The quantitative estimate of drug-likeness (QED) is 0.842. The maximum absolute atomic E-state index is 12.7. The van der Waals surface area contributed by atoms with E-state index in [-0.39, 0.29) is 15.8 Å². The van der Waals surface area contributed by atoms with E-state index in [1.54, 1.807) is 25.1 Å². The van der Waals surface area contributed by atoms with Gasteiger partial charge in [0.15, 0.2) is 15.5 Å². The Morgan fingerprint density at radius 2 is 2.00 bits per heavy atom. The van der Waals surface area contributed by atoms with Crippen molar-refractivity contribution in [1.29, 1.82) is 5.26 Å². The molecule has 0 saturated heterocycles. The summed E-state index contributed by atoms with van der Waals surface area (Å²) in [6, 6.07) is 3.55. The van der Waals surface area contributed by atoms with Gasteiger partial charge in [-0.05, 0) is 18.9 Å². The van der Waals surface area contributed by atoms with Crippen LogP contribution in [-0.2, 0) is 9.84 Å². The zero-order valence-corrected chi connectivity index (χ0v) is 11.9. The van der Waals surface area contributed by atoms with Crippen molar-refractivity contribution in [2.45, 2.75) is 35.8 Å². The van der Waals surface area contributed by atoms with Gasteiger partial charge >= 0.3 is 0 Å². The Balaban J connectivity index is 2.63. The van der Waals surface area contributed by atoms with E-state index < -0.39 is 9.84 Å². The van der Waals surface area contributed by atoms with Gasteiger partial charge in [0, 0.05) is 20.3 Å². The fourth-order valence-electron chi connectivity index (χ4n) is 2.52. The number of sulfone groups is 1. The highest BCUT2D eigenvalue weighted by atomic mass is 32.2. The van der Waals surface area contributed by atoms with Gasteiger partial charge in [-0.2, -0.15) is 5.26 Å². The first kappa shape index (κ1) is 13.8. The van der Waals surface area contributed by atoms with Crippen LogP contribution >= 0.6 is 0 Å². The van der Waals surface area contributed by atoms with Crippen LogP contribution in [0.5, 0.6) is 0 Å². The Morgan fingerprint density at radius 1 is 1.37 bits per heavy atom. The van der Waals surface area contributed by atoms with Crippen molar-refractivity contribution < 1.29 is 8.42 Å². The number of pyridine rings is 1. The Bertz CT molecular complexity index is 611. The highest BCUT2D eigenvalue weighted by Gasteiger charge is 2.35. The van der Waals surface area contributed by atoms with Crippen molar-refractivity contribution in [3.8, 4) is 6.07 Å². The molecule has 1 aromatic rings. The standard InChI is InChI=1S/C13H17N3O2S/c1-16(2)12-7-8-15-11(9-14)13(12)19(17,18)10-5-3-4-6-10/h7-8,10H,3-6H2,1-2H3. The molecule has 0 radical (unpaired) electrons. The molecule has 2 rings (SSSR count). The molecule has 1 aromatic heterocycles. The number of hydrogen-bond acceptors (Lipinski definition) is 5. The highest BCUT2D eigenvalue weighted by Crippen LogP contribution is 2.35. The molecular weight excluding hydrogens is 262 g/mol. The van der Waals surface area contributed by atoms with Gasteiger partial charge in [-0.3, -0.25) is 0 Å². The SMILES string of the molecule is CN(C)c1ccnc(C#N)c1S(=O)(=O)C1CCCC1. The van der Waals surface area contributed by atoms with Crippen LogP contribution in [0.3, 0.4) is 0 Å². The number of hydrogen-bond donors (Lipinski definition) is 0. The minimum absolute atomic E-state index is 0.00176. The monoisotopic (exact) mass is 279 g/mol. The Morgan fingerprint density at radius 3 is 2.53 bits per heavy atom. The van der Waals surface area contributed by atoms with Crippen LogP contribution in [-0.4, -0.2) is 32.7 Å². The second kappa shape index (κ2) is 5.17. The molecule has 0 aliphatic heterocycles. The fraction of sp³-hybridized carbons (Fsp3) is 0.538. The number of rotatable bonds is 3. The maximum Gasteiger partial charge on any atom is 0.186 e. The predicted molar refractivity (Wildman–Crippen MR) is 72.7 cm³/mol. The van der Waals surface area contributed by atoms with Gasteiger partial charge in [-0.1, -0.05) is 12.8 Å². The summed E-state index contributed by atoms with van der Waals surface area (Å²) < 4.78 is 25.4. The van der Waals surface area contributed by atoms with E-state index in [1.807, 2.05) is 6.07 Å². The van der Waals surface area contributed by atoms with Gasteiger partial charge in [0.2, 0.25) is 0 Å². The van der Waals surface area contributed by atoms with Gasteiger partial charge in [-0.25, -0.2) is 13.4 Å². The van der Waals surface area contributed by atoms with E-state index in [2.05, 4.69) is 4.98 Å². The molecule has 0 atom stereocenters. The van der Waals surface area contributed by atoms with Crippen LogP contribution in [0.4, 0.5) is 5.69 Å². The normalized spacial score (nSPS) is 16.3. The average molecular weight is 279 g/mol. The summed E-state index contributed by atoms with van der Waals surface area (Å²) in [5, 5.41) is 8.76. The number of anilines is 1. The van der Waals surface area contributed by atoms with E-state index in [0.29, 0.717) is 18.5 Å². The molecule has 0 unspecified atom stereocenters. The van der Waals surface area contributed by atoms with Crippen LogP contribution in [0, 0.1) is 11.3 Å². The lowest BCUT2D eigenvalue weighted by molar-refractivity contribution is 0.579. The first-order chi connectivity index (χ1) is 8.98. The number of nitriles is 1. The van der Waals surface area contributed by atoms with Crippen LogP contribution in [0.2, 0.25) is 0 Å². The van der Waals surface area contributed by atoms with Gasteiger partial charge in [0.25, 0.3) is 0 Å². The van der Waals surface area contributed by atoms with Crippen LogP contribution in [0.25, 0.3) is 0 Å². The summed E-state index contributed by atoms with van der Waals surface area (Å²) in [5.74, 6) is 0. The molecule has 0 bridgehead atoms. The van der Waals surface area contributed by atoms with Gasteiger partial charge in [0.1, 0.15) is 11.0 Å². The molecule has 19 heavy (non-hydrogen) atoms. The summed E-state index contributed by atoms with van der Waals surface area (Å²) in [4.78, 5) is 5.72. The topological polar surface area (TPSA) is 74.1 Å². The second-order valence-electron chi connectivity index (χ2n) is 4.97. The lowest BCUT2D eigenvalue weighted by Crippen LogP contribution is -2.23. The molecular formula is C13H17N3O2S. The molecule has 0 aromatic carbocycles. The third-order valence-corrected chi connectivity index (χ3v) is 5.82. The van der Waals surface area contributed by atoms with E-state index >= 15 is 0 Å². The van der Waals surface area contributed by atoms with Gasteiger partial charge in [0.05, 0.1) is 10.9 Å². The average Bonchev–Trinajstić information content (AvgIpc) is 2.92. The van der Waals surface area contributed by atoms with Crippen LogP contribution in [0.1, 0.15) is 31.4 Å². The second-order valence-corrected chi connectivity index (χ2v) is 7.13. The van der Waals surface area contributed by atoms with Crippen LogP contribution in [0.15, 0.2) is 17.2 Å². The Hall–Kier alpha value is -1.61. The smallest absolute Gasteiger partial charge is 0.186 e. The zero-order chi connectivity index (χ0) is 14.0. The molecule has 1 saturated carbocycles. The van der Waals surface area contributed by atoms with Crippen molar-refractivity contribution >= 4 is 15.5 Å². The molecule has 5 nitrogen and oxygen atoms in total. The molecule has 0 amide bonds. The largest absolute Gasteiger partial charge is 0.376 e. The van der Waals surface area contributed by atoms with Gasteiger partial charge < -0.3 is 4.90 Å². The minimum atomic E-state index is -3.48. The third kappa shape index (κ3) is 2.43. The van der Waals surface area contributed by atoms with Crippen molar-refractivity contribution in [2.24, 2.45) is 0 Å². The van der Waals surface area contributed by atoms with E-state index in [1.165, 1.54) is 6.20 Å². The lowest BCUT2D eigenvalue weighted by Gasteiger charge is -2.20. The summed E-state index contributed by atoms with van der Waals surface area (Å²) in [6.07, 6.45) is 4.69. The molecule has 102 valence electrons.